The predicted molar refractivity (Wildman–Crippen MR) is 74.0 cm³/mol. The summed E-state index contributed by atoms with van der Waals surface area (Å²) in [5.74, 6) is 0.759. The molecule has 0 radical (unpaired) electrons. The van der Waals surface area contributed by atoms with Crippen molar-refractivity contribution < 1.29 is 14.3 Å². The number of rotatable bonds is 5. The minimum atomic E-state index is -0.528. The largest absolute Gasteiger partial charge is 0.481 e. The van der Waals surface area contributed by atoms with Gasteiger partial charge in [0.05, 0.1) is 25.8 Å². The van der Waals surface area contributed by atoms with Gasteiger partial charge in [-0.2, -0.15) is 9.97 Å². The fourth-order valence-electron chi connectivity index (χ4n) is 2.35. The summed E-state index contributed by atoms with van der Waals surface area (Å²) in [6.45, 7) is 2.84. The van der Waals surface area contributed by atoms with Crippen molar-refractivity contribution >= 4 is 11.9 Å². The van der Waals surface area contributed by atoms with Crippen LogP contribution in [-0.2, 0) is 4.79 Å². The second kappa shape index (κ2) is 6.04. The molecule has 110 valence electrons. The molecular weight excluding hydrogens is 260 g/mol. The van der Waals surface area contributed by atoms with Crippen molar-refractivity contribution in [3.63, 3.8) is 0 Å². The highest BCUT2D eigenvalue weighted by Gasteiger charge is 2.39. The van der Waals surface area contributed by atoms with E-state index < -0.39 is 5.54 Å². The summed E-state index contributed by atoms with van der Waals surface area (Å²) in [5, 5.41) is 6.01. The van der Waals surface area contributed by atoms with Crippen LogP contribution in [0.2, 0.25) is 0 Å². The van der Waals surface area contributed by atoms with Gasteiger partial charge >= 0.3 is 0 Å². The Bertz CT molecular complexity index is 464. The zero-order valence-electron chi connectivity index (χ0n) is 12.0. The third-order valence-electron chi connectivity index (χ3n) is 3.60. The van der Waals surface area contributed by atoms with Gasteiger partial charge in [-0.05, 0) is 25.8 Å². The van der Waals surface area contributed by atoms with E-state index in [4.69, 9.17) is 9.47 Å². The van der Waals surface area contributed by atoms with Gasteiger partial charge in [-0.15, -0.1) is 0 Å². The van der Waals surface area contributed by atoms with Crippen LogP contribution < -0.4 is 20.1 Å². The highest BCUT2D eigenvalue weighted by Crippen LogP contribution is 2.25. The van der Waals surface area contributed by atoms with Crippen LogP contribution in [0.25, 0.3) is 0 Å². The monoisotopic (exact) mass is 280 g/mol. The number of hydrogen-bond acceptors (Lipinski definition) is 6. The first-order chi connectivity index (χ1) is 9.63. The van der Waals surface area contributed by atoms with E-state index in [0.717, 1.165) is 25.8 Å². The molecule has 1 amide bonds. The summed E-state index contributed by atoms with van der Waals surface area (Å²) in [4.78, 5) is 20.6. The second-order valence-electron chi connectivity index (χ2n) is 4.70. The van der Waals surface area contributed by atoms with Gasteiger partial charge in [0.15, 0.2) is 0 Å². The van der Waals surface area contributed by atoms with Crippen LogP contribution in [0.5, 0.6) is 11.8 Å². The number of carbonyl (C=O) groups is 1. The lowest BCUT2D eigenvalue weighted by molar-refractivity contribution is -0.122. The van der Waals surface area contributed by atoms with Gasteiger partial charge in [0.25, 0.3) is 0 Å². The Hall–Kier alpha value is -1.89. The lowest BCUT2D eigenvalue weighted by Crippen LogP contribution is -2.50. The van der Waals surface area contributed by atoms with E-state index in [0.29, 0.717) is 11.8 Å². The summed E-state index contributed by atoms with van der Waals surface area (Å²) < 4.78 is 10.1. The van der Waals surface area contributed by atoms with Gasteiger partial charge in [-0.3, -0.25) is 10.1 Å². The number of carbonyl (C=O) groups excluding carboxylic acids is 1. The molecule has 7 nitrogen and oxygen atoms in total. The molecule has 20 heavy (non-hydrogen) atoms. The first-order valence-electron chi connectivity index (χ1n) is 6.67. The Kier molecular flexibility index (Phi) is 4.39. The summed E-state index contributed by atoms with van der Waals surface area (Å²) in [6.07, 6.45) is 2.53. The van der Waals surface area contributed by atoms with Gasteiger partial charge in [-0.1, -0.05) is 6.92 Å². The zero-order valence-corrected chi connectivity index (χ0v) is 12.0. The molecule has 2 heterocycles. The van der Waals surface area contributed by atoms with E-state index in [1.54, 1.807) is 6.07 Å². The van der Waals surface area contributed by atoms with Crippen LogP contribution in [0.1, 0.15) is 26.2 Å². The molecule has 2 N–H and O–H groups in total. The molecule has 0 bridgehead atoms. The maximum absolute atomic E-state index is 12.4. The Morgan fingerprint density at radius 2 is 2.05 bits per heavy atom. The number of amides is 1. The van der Waals surface area contributed by atoms with E-state index in [9.17, 15) is 4.79 Å². The quantitative estimate of drug-likeness (QED) is 0.835. The van der Waals surface area contributed by atoms with Crippen molar-refractivity contribution in [3.05, 3.63) is 6.07 Å². The van der Waals surface area contributed by atoms with E-state index >= 15 is 0 Å². The number of hydrogen-bond donors (Lipinski definition) is 2. The summed E-state index contributed by atoms with van der Waals surface area (Å²) in [6, 6.07) is 1.55. The van der Waals surface area contributed by atoms with Crippen molar-refractivity contribution in [2.75, 3.05) is 26.1 Å². The SMILES string of the molecule is CCC1(C(=O)Nc2nc(OC)cc(OC)n2)CCCN1. The Morgan fingerprint density at radius 1 is 1.40 bits per heavy atom. The summed E-state index contributed by atoms with van der Waals surface area (Å²) in [7, 11) is 3.00. The molecule has 1 aromatic heterocycles. The van der Waals surface area contributed by atoms with E-state index in [2.05, 4.69) is 20.6 Å². The van der Waals surface area contributed by atoms with Gasteiger partial charge in [0.1, 0.15) is 0 Å². The lowest BCUT2D eigenvalue weighted by atomic mass is 9.93. The molecule has 0 saturated carbocycles. The number of ether oxygens (including phenoxy) is 2. The van der Waals surface area contributed by atoms with Crippen molar-refractivity contribution in [2.45, 2.75) is 31.7 Å². The molecule has 0 aromatic carbocycles. The number of nitrogens with one attached hydrogen (secondary N) is 2. The molecule has 7 heteroatoms. The topological polar surface area (TPSA) is 85.4 Å². The molecule has 1 saturated heterocycles. The fraction of sp³-hybridized carbons (Fsp3) is 0.615. The molecule has 1 atom stereocenters. The van der Waals surface area contributed by atoms with Crippen LogP contribution in [0.4, 0.5) is 5.95 Å². The summed E-state index contributed by atoms with van der Waals surface area (Å²) >= 11 is 0. The zero-order chi connectivity index (χ0) is 14.6. The first-order valence-corrected chi connectivity index (χ1v) is 6.67. The maximum Gasteiger partial charge on any atom is 0.247 e. The van der Waals surface area contributed by atoms with Crippen molar-refractivity contribution in [1.29, 1.82) is 0 Å². The van der Waals surface area contributed by atoms with Gasteiger partial charge < -0.3 is 14.8 Å². The molecule has 0 aliphatic carbocycles. The molecule has 1 unspecified atom stereocenters. The molecule has 1 aromatic rings. The first kappa shape index (κ1) is 14.5. The van der Waals surface area contributed by atoms with Crippen LogP contribution in [0.15, 0.2) is 6.07 Å². The van der Waals surface area contributed by atoms with Crippen molar-refractivity contribution in [2.24, 2.45) is 0 Å². The summed E-state index contributed by atoms with van der Waals surface area (Å²) in [5.41, 5.74) is -0.528. The minimum absolute atomic E-state index is 0.118. The standard InChI is InChI=1S/C13H20N4O3/c1-4-13(6-5-7-14-13)11(18)17-12-15-9(19-2)8-10(16-12)20-3/h8,14H,4-7H2,1-3H3,(H,15,16,17,18). The average Bonchev–Trinajstić information content (AvgIpc) is 2.97. The van der Waals surface area contributed by atoms with E-state index in [-0.39, 0.29) is 11.9 Å². The fourth-order valence-corrected chi connectivity index (χ4v) is 2.35. The maximum atomic E-state index is 12.4. The highest BCUT2D eigenvalue weighted by molar-refractivity contribution is 5.97. The molecule has 1 aliphatic rings. The highest BCUT2D eigenvalue weighted by atomic mass is 16.5. The molecule has 2 rings (SSSR count). The normalized spacial score (nSPS) is 21.6. The number of nitrogens with zero attached hydrogens (tertiary/aromatic N) is 2. The molecular formula is C13H20N4O3. The Morgan fingerprint density at radius 3 is 2.50 bits per heavy atom. The number of anilines is 1. The number of aromatic nitrogens is 2. The smallest absolute Gasteiger partial charge is 0.247 e. The molecule has 1 fully saturated rings. The van der Waals surface area contributed by atoms with E-state index in [1.165, 1.54) is 14.2 Å². The number of methoxy groups -OCH3 is 2. The molecule has 1 aliphatic heterocycles. The van der Waals surface area contributed by atoms with Crippen LogP contribution in [-0.4, -0.2) is 42.2 Å². The average molecular weight is 280 g/mol. The van der Waals surface area contributed by atoms with Crippen LogP contribution in [0.3, 0.4) is 0 Å². The minimum Gasteiger partial charge on any atom is -0.481 e. The van der Waals surface area contributed by atoms with Gasteiger partial charge in [0.2, 0.25) is 23.6 Å². The molecule has 0 spiro atoms. The van der Waals surface area contributed by atoms with Crippen LogP contribution >= 0.6 is 0 Å². The van der Waals surface area contributed by atoms with Gasteiger partial charge in [-0.25, -0.2) is 0 Å². The van der Waals surface area contributed by atoms with E-state index in [1.807, 2.05) is 6.92 Å². The third-order valence-corrected chi connectivity index (χ3v) is 3.60. The van der Waals surface area contributed by atoms with Gasteiger partial charge in [0, 0.05) is 0 Å². The predicted octanol–water partition coefficient (Wildman–Crippen LogP) is 0.964. The van der Waals surface area contributed by atoms with Crippen molar-refractivity contribution in [1.82, 2.24) is 15.3 Å². The van der Waals surface area contributed by atoms with Crippen molar-refractivity contribution in [3.8, 4) is 11.8 Å². The Balaban J connectivity index is 2.18. The third kappa shape index (κ3) is 2.82. The second-order valence-corrected chi connectivity index (χ2v) is 4.70. The lowest BCUT2D eigenvalue weighted by Gasteiger charge is -2.26. The Labute approximate surface area is 118 Å². The van der Waals surface area contributed by atoms with Crippen LogP contribution in [0, 0.1) is 0 Å².